The van der Waals surface area contributed by atoms with Crippen molar-refractivity contribution < 1.29 is 14.3 Å². The Morgan fingerprint density at radius 1 is 1.55 bits per heavy atom. The summed E-state index contributed by atoms with van der Waals surface area (Å²) in [6.07, 6.45) is -0.540. The molecule has 0 spiro atoms. The van der Waals surface area contributed by atoms with Crippen LogP contribution in [0.15, 0.2) is 0 Å². The lowest BCUT2D eigenvalue weighted by Gasteiger charge is -2.12. The lowest BCUT2D eigenvalue weighted by molar-refractivity contribution is -0.112. The van der Waals surface area contributed by atoms with Gasteiger partial charge in [-0.1, -0.05) is 0 Å². The van der Waals surface area contributed by atoms with Crippen LogP contribution >= 0.6 is 11.6 Å². The SMILES string of the molecule is CCOC(=O)N(C)CC(=O)Cl. The van der Waals surface area contributed by atoms with Crippen LogP contribution < -0.4 is 0 Å². The third-order valence-electron chi connectivity index (χ3n) is 0.941. The molecule has 4 nitrogen and oxygen atoms in total. The molecule has 0 aromatic carbocycles. The summed E-state index contributed by atoms with van der Waals surface area (Å²) in [7, 11) is 1.44. The van der Waals surface area contributed by atoms with Crippen molar-refractivity contribution in [3.05, 3.63) is 0 Å². The number of carbonyl (C=O) groups is 2. The summed E-state index contributed by atoms with van der Waals surface area (Å²) in [6, 6.07) is 0. The summed E-state index contributed by atoms with van der Waals surface area (Å²) < 4.78 is 4.58. The molecule has 0 aromatic rings. The molecule has 0 N–H and O–H groups in total. The highest BCUT2D eigenvalue weighted by Crippen LogP contribution is 1.91. The smallest absolute Gasteiger partial charge is 0.409 e. The van der Waals surface area contributed by atoms with Gasteiger partial charge in [0.25, 0.3) is 0 Å². The van der Waals surface area contributed by atoms with Gasteiger partial charge < -0.3 is 9.64 Å². The molecule has 0 aliphatic rings. The number of carbonyl (C=O) groups excluding carboxylic acids is 2. The maximum atomic E-state index is 10.8. The minimum absolute atomic E-state index is 0.125. The molecule has 0 unspecified atom stereocenters. The third-order valence-corrected chi connectivity index (χ3v) is 1.06. The Morgan fingerprint density at radius 2 is 2.09 bits per heavy atom. The predicted molar refractivity (Wildman–Crippen MR) is 40.5 cm³/mol. The van der Waals surface area contributed by atoms with Gasteiger partial charge in [0, 0.05) is 7.05 Å². The van der Waals surface area contributed by atoms with Crippen molar-refractivity contribution in [3.8, 4) is 0 Å². The summed E-state index contributed by atoms with van der Waals surface area (Å²) in [5, 5.41) is -0.583. The van der Waals surface area contributed by atoms with E-state index in [-0.39, 0.29) is 6.54 Å². The van der Waals surface area contributed by atoms with Gasteiger partial charge in [0.1, 0.15) is 0 Å². The van der Waals surface area contributed by atoms with Gasteiger partial charge in [-0.2, -0.15) is 0 Å². The van der Waals surface area contributed by atoms with Gasteiger partial charge in [0.05, 0.1) is 13.2 Å². The molecule has 0 fully saturated rings. The molecule has 5 heteroatoms. The zero-order chi connectivity index (χ0) is 8.85. The van der Waals surface area contributed by atoms with Crippen LogP contribution in [0.3, 0.4) is 0 Å². The van der Waals surface area contributed by atoms with Crippen LogP contribution in [0.25, 0.3) is 0 Å². The quantitative estimate of drug-likeness (QED) is 0.604. The normalized spacial score (nSPS) is 9.00. The standard InChI is InChI=1S/C6H10ClNO3/c1-3-11-6(10)8(2)4-5(7)9/h3-4H2,1-2H3. The number of rotatable bonds is 3. The Labute approximate surface area is 70.1 Å². The van der Waals surface area contributed by atoms with Crippen molar-refractivity contribution in [1.82, 2.24) is 4.90 Å². The van der Waals surface area contributed by atoms with Crippen LogP contribution in [0.4, 0.5) is 4.79 Å². The van der Waals surface area contributed by atoms with E-state index >= 15 is 0 Å². The number of hydrogen-bond acceptors (Lipinski definition) is 3. The first kappa shape index (κ1) is 10.2. The molecule has 1 amide bonds. The lowest BCUT2D eigenvalue weighted by Crippen LogP contribution is -2.30. The Morgan fingerprint density at radius 3 is 2.45 bits per heavy atom. The first-order valence-electron chi connectivity index (χ1n) is 3.14. The Hall–Kier alpha value is -0.770. The number of ether oxygens (including phenoxy) is 1. The zero-order valence-corrected chi connectivity index (χ0v) is 7.22. The largest absolute Gasteiger partial charge is 0.450 e. The summed E-state index contributed by atoms with van der Waals surface area (Å²) >= 11 is 5.03. The van der Waals surface area contributed by atoms with E-state index in [2.05, 4.69) is 4.74 Å². The fourth-order valence-electron chi connectivity index (χ4n) is 0.485. The number of nitrogens with zero attached hydrogens (tertiary/aromatic N) is 1. The Bertz CT molecular complexity index is 160. The molecule has 0 rings (SSSR count). The minimum Gasteiger partial charge on any atom is -0.450 e. The molecular formula is C6H10ClNO3. The van der Waals surface area contributed by atoms with E-state index in [1.54, 1.807) is 6.92 Å². The van der Waals surface area contributed by atoms with E-state index in [1.165, 1.54) is 7.05 Å². The highest BCUT2D eigenvalue weighted by molar-refractivity contribution is 6.64. The van der Waals surface area contributed by atoms with Gasteiger partial charge >= 0.3 is 6.09 Å². The molecule has 0 bridgehead atoms. The van der Waals surface area contributed by atoms with Crippen molar-refractivity contribution >= 4 is 22.9 Å². The average Bonchev–Trinajstić information content (AvgIpc) is 1.86. The van der Waals surface area contributed by atoms with E-state index < -0.39 is 11.3 Å². The van der Waals surface area contributed by atoms with E-state index in [0.717, 1.165) is 4.90 Å². The zero-order valence-electron chi connectivity index (χ0n) is 6.46. The molecule has 0 aromatic heterocycles. The second kappa shape index (κ2) is 4.96. The van der Waals surface area contributed by atoms with Crippen LogP contribution in [0, 0.1) is 0 Å². The third kappa shape index (κ3) is 4.61. The van der Waals surface area contributed by atoms with Crippen molar-refractivity contribution in [2.75, 3.05) is 20.2 Å². The molecular weight excluding hydrogens is 170 g/mol. The fraction of sp³-hybridized carbons (Fsp3) is 0.667. The van der Waals surface area contributed by atoms with E-state index in [4.69, 9.17) is 11.6 Å². The number of hydrogen-bond donors (Lipinski definition) is 0. The molecule has 0 aliphatic carbocycles. The van der Waals surface area contributed by atoms with E-state index in [9.17, 15) is 9.59 Å². The van der Waals surface area contributed by atoms with Crippen LogP contribution in [-0.4, -0.2) is 36.4 Å². The molecule has 0 atom stereocenters. The number of likely N-dealkylation sites (N-methyl/N-ethyl adjacent to an activating group) is 1. The maximum Gasteiger partial charge on any atom is 0.409 e. The summed E-state index contributed by atoms with van der Waals surface area (Å²) in [5.41, 5.74) is 0. The Balaban J connectivity index is 3.73. The summed E-state index contributed by atoms with van der Waals surface area (Å²) in [4.78, 5) is 22.2. The van der Waals surface area contributed by atoms with Crippen molar-refractivity contribution in [1.29, 1.82) is 0 Å². The van der Waals surface area contributed by atoms with Crippen molar-refractivity contribution in [2.24, 2.45) is 0 Å². The van der Waals surface area contributed by atoms with E-state index in [1.807, 2.05) is 0 Å². The first-order valence-corrected chi connectivity index (χ1v) is 3.52. The van der Waals surface area contributed by atoms with Gasteiger partial charge in [-0.15, -0.1) is 0 Å². The second-order valence-corrected chi connectivity index (χ2v) is 2.33. The van der Waals surface area contributed by atoms with Crippen molar-refractivity contribution in [3.63, 3.8) is 0 Å². The van der Waals surface area contributed by atoms with Crippen LogP contribution in [0.1, 0.15) is 6.92 Å². The highest BCUT2D eigenvalue weighted by Gasteiger charge is 2.10. The van der Waals surface area contributed by atoms with E-state index in [0.29, 0.717) is 6.61 Å². The van der Waals surface area contributed by atoms with Gasteiger partial charge in [0.2, 0.25) is 5.24 Å². The van der Waals surface area contributed by atoms with Crippen LogP contribution in [0.2, 0.25) is 0 Å². The molecule has 64 valence electrons. The Kier molecular flexibility index (Phi) is 4.61. The van der Waals surface area contributed by atoms with Gasteiger partial charge in [-0.05, 0) is 18.5 Å². The molecule has 0 aliphatic heterocycles. The van der Waals surface area contributed by atoms with Gasteiger partial charge in [-0.25, -0.2) is 4.79 Å². The molecule has 0 heterocycles. The molecule has 0 saturated heterocycles. The topological polar surface area (TPSA) is 46.6 Å². The average molecular weight is 180 g/mol. The van der Waals surface area contributed by atoms with Crippen LogP contribution in [0.5, 0.6) is 0 Å². The molecule has 0 saturated carbocycles. The highest BCUT2D eigenvalue weighted by atomic mass is 35.5. The molecule has 0 radical (unpaired) electrons. The van der Waals surface area contributed by atoms with Gasteiger partial charge in [-0.3, -0.25) is 4.79 Å². The number of amides is 1. The monoisotopic (exact) mass is 179 g/mol. The number of halogens is 1. The maximum absolute atomic E-state index is 10.8. The minimum atomic E-state index is -0.583. The first-order chi connectivity index (χ1) is 5.07. The molecule has 11 heavy (non-hydrogen) atoms. The second-order valence-electron chi connectivity index (χ2n) is 1.91. The van der Waals surface area contributed by atoms with Crippen LogP contribution in [-0.2, 0) is 9.53 Å². The predicted octanol–water partition coefficient (Wildman–Crippen LogP) is 0.840. The lowest BCUT2D eigenvalue weighted by atomic mass is 10.6. The summed E-state index contributed by atoms with van der Waals surface area (Å²) in [5.74, 6) is 0. The fourth-order valence-corrected chi connectivity index (χ4v) is 0.664. The van der Waals surface area contributed by atoms with Gasteiger partial charge in [0.15, 0.2) is 0 Å². The van der Waals surface area contributed by atoms with Crippen molar-refractivity contribution in [2.45, 2.75) is 6.92 Å². The summed E-state index contributed by atoms with van der Waals surface area (Å²) in [6.45, 7) is 1.86.